The molecule has 2 unspecified atom stereocenters. The number of aliphatic imine (C=N–C) groups is 1. The van der Waals surface area contributed by atoms with E-state index in [1.54, 1.807) is 7.11 Å². The predicted octanol–water partition coefficient (Wildman–Crippen LogP) is 2.78. The molecule has 0 aromatic heterocycles. The van der Waals surface area contributed by atoms with E-state index in [0.29, 0.717) is 23.6 Å². The number of likely N-dealkylation sites (tertiary alicyclic amines) is 1. The molecule has 0 radical (unpaired) electrons. The lowest BCUT2D eigenvalue weighted by Gasteiger charge is -2.58. The minimum Gasteiger partial charge on any atom is -0.385 e. The largest absolute Gasteiger partial charge is 0.385 e. The maximum Gasteiger partial charge on any atom is 0.191 e. The molecule has 1 spiro atoms. The van der Waals surface area contributed by atoms with Crippen molar-refractivity contribution in [3.8, 4) is 0 Å². The van der Waals surface area contributed by atoms with E-state index in [1.165, 1.54) is 44.9 Å². The van der Waals surface area contributed by atoms with Gasteiger partial charge in [0.25, 0.3) is 0 Å². The van der Waals surface area contributed by atoms with E-state index in [0.717, 1.165) is 51.6 Å². The number of rotatable bonds is 8. The van der Waals surface area contributed by atoms with Gasteiger partial charge in [-0.05, 0) is 45.4 Å². The normalized spacial score (nSPS) is 28.9. The van der Waals surface area contributed by atoms with E-state index in [2.05, 4.69) is 27.4 Å². The Morgan fingerprint density at radius 2 is 1.89 bits per heavy atom. The Morgan fingerprint density at radius 3 is 2.54 bits per heavy atom. The molecule has 2 N–H and O–H groups in total. The molecule has 1 saturated heterocycles. The van der Waals surface area contributed by atoms with Crippen LogP contribution in [0.4, 0.5) is 0 Å². The number of hydrogen-bond donors (Lipinski definition) is 2. The Morgan fingerprint density at radius 1 is 1.14 bits per heavy atom. The number of ether oxygens (including phenoxy) is 2. The molecule has 2 aliphatic carbocycles. The highest BCUT2D eigenvalue weighted by Crippen LogP contribution is 2.53. The molecule has 6 nitrogen and oxygen atoms in total. The van der Waals surface area contributed by atoms with E-state index in [9.17, 15) is 0 Å². The summed E-state index contributed by atoms with van der Waals surface area (Å²) in [6.45, 7) is 7.29. The molecule has 0 bridgehead atoms. The fraction of sp³-hybridized carbons (Fsp3) is 0.955. The van der Waals surface area contributed by atoms with Crippen molar-refractivity contribution in [3.05, 3.63) is 0 Å². The molecule has 2 saturated carbocycles. The summed E-state index contributed by atoms with van der Waals surface area (Å²) in [5.74, 6) is 0.989. The van der Waals surface area contributed by atoms with Crippen molar-refractivity contribution in [3.63, 3.8) is 0 Å². The SMILES string of the molecule is CCOC1CC(NC(=NC)NC2CCN(CCCOC)CC2)C12CCCCC2. The lowest BCUT2D eigenvalue weighted by molar-refractivity contribution is -0.145. The van der Waals surface area contributed by atoms with Gasteiger partial charge in [0.05, 0.1) is 6.10 Å². The molecule has 3 aliphatic rings. The van der Waals surface area contributed by atoms with Crippen molar-refractivity contribution in [2.45, 2.75) is 82.9 Å². The zero-order chi connectivity index (χ0) is 19.8. The number of guanidine groups is 1. The summed E-state index contributed by atoms with van der Waals surface area (Å²) < 4.78 is 11.3. The van der Waals surface area contributed by atoms with Crippen LogP contribution in [0.2, 0.25) is 0 Å². The van der Waals surface area contributed by atoms with Crippen LogP contribution in [0, 0.1) is 5.41 Å². The zero-order valence-electron chi connectivity index (χ0n) is 18.3. The Hall–Kier alpha value is -0.850. The molecule has 162 valence electrons. The van der Waals surface area contributed by atoms with E-state index >= 15 is 0 Å². The van der Waals surface area contributed by atoms with Crippen molar-refractivity contribution >= 4 is 5.96 Å². The maximum atomic E-state index is 6.10. The van der Waals surface area contributed by atoms with Crippen molar-refractivity contribution < 1.29 is 9.47 Å². The number of piperidine rings is 1. The van der Waals surface area contributed by atoms with E-state index in [1.807, 2.05) is 7.05 Å². The van der Waals surface area contributed by atoms with Gasteiger partial charge < -0.3 is 25.0 Å². The van der Waals surface area contributed by atoms with Crippen molar-refractivity contribution in [2.75, 3.05) is 47.0 Å². The third kappa shape index (κ3) is 5.19. The van der Waals surface area contributed by atoms with Gasteiger partial charge in [-0.15, -0.1) is 0 Å². The summed E-state index contributed by atoms with van der Waals surface area (Å²) in [5, 5.41) is 7.49. The molecule has 3 rings (SSSR count). The molecule has 0 aromatic rings. The van der Waals surface area contributed by atoms with E-state index in [-0.39, 0.29) is 0 Å². The third-order valence-corrected chi connectivity index (χ3v) is 7.22. The highest BCUT2D eigenvalue weighted by Gasteiger charge is 2.55. The molecular weight excluding hydrogens is 352 g/mol. The standard InChI is InChI=1S/C22H42N4O2/c1-4-28-20-17-19(22(20)11-6-5-7-12-22)25-21(23-2)24-18-9-14-26(15-10-18)13-8-16-27-3/h18-20H,4-17H2,1-3H3,(H2,23,24,25). The van der Waals surface area contributed by atoms with Gasteiger partial charge in [-0.2, -0.15) is 0 Å². The number of methoxy groups -OCH3 is 1. The first kappa shape index (κ1) is 21.8. The highest BCUT2D eigenvalue weighted by atomic mass is 16.5. The van der Waals surface area contributed by atoms with Gasteiger partial charge in [0.2, 0.25) is 0 Å². The summed E-state index contributed by atoms with van der Waals surface area (Å²) in [7, 11) is 3.69. The van der Waals surface area contributed by atoms with E-state index in [4.69, 9.17) is 9.47 Å². The zero-order valence-corrected chi connectivity index (χ0v) is 18.3. The van der Waals surface area contributed by atoms with Crippen LogP contribution in [-0.2, 0) is 9.47 Å². The quantitative estimate of drug-likeness (QED) is 0.377. The Labute approximate surface area is 171 Å². The van der Waals surface area contributed by atoms with Crippen LogP contribution < -0.4 is 10.6 Å². The van der Waals surface area contributed by atoms with E-state index < -0.39 is 0 Å². The van der Waals surface area contributed by atoms with Gasteiger partial charge in [-0.1, -0.05) is 19.3 Å². The molecule has 3 fully saturated rings. The van der Waals surface area contributed by atoms with Crippen molar-refractivity contribution in [1.82, 2.24) is 15.5 Å². The third-order valence-electron chi connectivity index (χ3n) is 7.22. The van der Waals surface area contributed by atoms with Gasteiger partial charge in [-0.25, -0.2) is 0 Å². The first-order valence-electron chi connectivity index (χ1n) is 11.5. The summed E-state index contributed by atoms with van der Waals surface area (Å²) >= 11 is 0. The summed E-state index contributed by atoms with van der Waals surface area (Å²) in [4.78, 5) is 7.11. The second-order valence-corrected chi connectivity index (χ2v) is 8.85. The number of nitrogens with one attached hydrogen (secondary N) is 2. The lowest BCUT2D eigenvalue weighted by Crippen LogP contribution is -2.67. The monoisotopic (exact) mass is 394 g/mol. The summed E-state index contributed by atoms with van der Waals surface area (Å²) in [5.41, 5.74) is 0.330. The molecule has 2 atom stereocenters. The van der Waals surface area contributed by atoms with Gasteiger partial charge >= 0.3 is 0 Å². The topological polar surface area (TPSA) is 58.1 Å². The van der Waals surface area contributed by atoms with Gasteiger partial charge in [0.15, 0.2) is 5.96 Å². The van der Waals surface area contributed by atoms with Crippen molar-refractivity contribution in [2.24, 2.45) is 10.4 Å². The van der Waals surface area contributed by atoms with Crippen LogP contribution in [0.1, 0.15) is 64.7 Å². The summed E-state index contributed by atoms with van der Waals surface area (Å²) in [6.07, 6.45) is 11.7. The highest BCUT2D eigenvalue weighted by molar-refractivity contribution is 5.80. The predicted molar refractivity (Wildman–Crippen MR) is 115 cm³/mol. The Bertz CT molecular complexity index is 485. The molecule has 1 heterocycles. The minimum atomic E-state index is 0.330. The average molecular weight is 395 g/mol. The van der Waals surface area contributed by atoms with Gasteiger partial charge in [-0.3, -0.25) is 4.99 Å². The second-order valence-electron chi connectivity index (χ2n) is 8.85. The van der Waals surface area contributed by atoms with Crippen molar-refractivity contribution in [1.29, 1.82) is 0 Å². The molecule has 6 heteroatoms. The first-order valence-corrected chi connectivity index (χ1v) is 11.5. The Balaban J connectivity index is 1.46. The smallest absolute Gasteiger partial charge is 0.191 e. The minimum absolute atomic E-state index is 0.330. The molecule has 0 amide bonds. The molecule has 28 heavy (non-hydrogen) atoms. The first-order chi connectivity index (χ1) is 13.7. The molecule has 0 aromatic carbocycles. The number of hydrogen-bond acceptors (Lipinski definition) is 4. The second kappa shape index (κ2) is 10.8. The van der Waals surface area contributed by atoms with Gasteiger partial charge in [0, 0.05) is 64.5 Å². The fourth-order valence-electron chi connectivity index (χ4n) is 5.53. The van der Waals surface area contributed by atoms with Crippen LogP contribution in [0.5, 0.6) is 0 Å². The lowest BCUT2D eigenvalue weighted by atomic mass is 9.55. The number of nitrogens with zero attached hydrogens (tertiary/aromatic N) is 2. The fourth-order valence-corrected chi connectivity index (χ4v) is 5.53. The van der Waals surface area contributed by atoms with Crippen LogP contribution in [0.15, 0.2) is 4.99 Å². The van der Waals surface area contributed by atoms with Crippen LogP contribution in [-0.4, -0.2) is 76.1 Å². The maximum absolute atomic E-state index is 6.10. The van der Waals surface area contributed by atoms with Gasteiger partial charge in [0.1, 0.15) is 0 Å². The van der Waals surface area contributed by atoms with Crippen LogP contribution in [0.3, 0.4) is 0 Å². The molecule has 1 aliphatic heterocycles. The van der Waals surface area contributed by atoms with Crippen LogP contribution in [0.25, 0.3) is 0 Å². The summed E-state index contributed by atoms with van der Waals surface area (Å²) in [6, 6.07) is 1.03. The molecular formula is C22H42N4O2. The average Bonchev–Trinajstić information content (AvgIpc) is 2.74. The van der Waals surface area contributed by atoms with Crippen LogP contribution >= 0.6 is 0 Å². The Kier molecular flexibility index (Phi) is 8.42.